The van der Waals surface area contributed by atoms with Crippen molar-refractivity contribution in [1.82, 2.24) is 5.32 Å². The fourth-order valence-electron chi connectivity index (χ4n) is 2.54. The summed E-state index contributed by atoms with van der Waals surface area (Å²) in [6.07, 6.45) is 2.91. The largest absolute Gasteiger partial charge is 0.378 e. The van der Waals surface area contributed by atoms with Crippen molar-refractivity contribution in [1.29, 1.82) is 0 Å². The van der Waals surface area contributed by atoms with Crippen molar-refractivity contribution in [2.75, 3.05) is 19.7 Å². The molecule has 0 aromatic heterocycles. The fraction of sp³-hybridized carbons (Fsp3) is 0.562. The molecule has 1 aromatic carbocycles. The van der Waals surface area contributed by atoms with Gasteiger partial charge in [-0.15, -0.1) is 0 Å². The maximum absolute atomic E-state index is 12.1. The molecule has 1 aliphatic heterocycles. The number of rotatable bonds is 5. The maximum Gasteiger partial charge on any atom is 0.165 e. The van der Waals surface area contributed by atoms with Gasteiger partial charge in [0.1, 0.15) is 0 Å². The van der Waals surface area contributed by atoms with E-state index in [2.05, 4.69) is 11.4 Å². The van der Waals surface area contributed by atoms with Gasteiger partial charge in [-0.3, -0.25) is 4.79 Å². The number of ketones is 1. The summed E-state index contributed by atoms with van der Waals surface area (Å²) in [5, 5.41) is 3.31. The van der Waals surface area contributed by atoms with E-state index in [0.29, 0.717) is 19.1 Å². The van der Waals surface area contributed by atoms with Gasteiger partial charge in [0, 0.05) is 12.0 Å². The van der Waals surface area contributed by atoms with Crippen LogP contribution in [-0.4, -0.2) is 31.6 Å². The minimum atomic E-state index is 0.187. The highest BCUT2D eigenvalue weighted by Gasteiger charge is 2.14. The number of nitrogens with one attached hydrogen (secondary N) is 1. The molecule has 0 unspecified atom stereocenters. The molecule has 0 atom stereocenters. The van der Waals surface area contributed by atoms with Crippen LogP contribution < -0.4 is 5.32 Å². The Kier molecular flexibility index (Phi) is 5.11. The maximum atomic E-state index is 12.1. The number of ether oxygens (including phenoxy) is 1. The van der Waals surface area contributed by atoms with E-state index in [0.717, 1.165) is 37.1 Å². The number of aryl methyl sites for hydroxylation is 2. The summed E-state index contributed by atoms with van der Waals surface area (Å²) in [6, 6.07) is 5.98. The molecule has 1 N–H and O–H groups in total. The van der Waals surface area contributed by atoms with Crippen LogP contribution in [-0.2, 0) is 4.74 Å². The van der Waals surface area contributed by atoms with Gasteiger partial charge in [0.05, 0.1) is 12.7 Å². The average Bonchev–Trinajstić information content (AvgIpc) is 2.39. The molecule has 1 heterocycles. The average molecular weight is 261 g/mol. The third kappa shape index (κ3) is 4.15. The Labute approximate surface area is 115 Å². The zero-order chi connectivity index (χ0) is 13.7. The van der Waals surface area contributed by atoms with E-state index in [1.54, 1.807) is 0 Å². The molecule has 2 rings (SSSR count). The van der Waals surface area contributed by atoms with Gasteiger partial charge in [-0.05, 0) is 45.3 Å². The lowest BCUT2D eigenvalue weighted by molar-refractivity contribution is 0.0313. The van der Waals surface area contributed by atoms with Crippen LogP contribution in [0.15, 0.2) is 18.2 Å². The van der Waals surface area contributed by atoms with Crippen molar-refractivity contribution in [2.24, 2.45) is 0 Å². The highest BCUT2D eigenvalue weighted by molar-refractivity contribution is 5.97. The number of carbonyl (C=O) groups is 1. The van der Waals surface area contributed by atoms with Gasteiger partial charge in [0.15, 0.2) is 5.78 Å². The van der Waals surface area contributed by atoms with Crippen molar-refractivity contribution in [3.8, 4) is 0 Å². The van der Waals surface area contributed by atoms with E-state index in [1.165, 1.54) is 5.56 Å². The molecule has 0 amide bonds. The van der Waals surface area contributed by atoms with E-state index in [-0.39, 0.29) is 5.78 Å². The van der Waals surface area contributed by atoms with Gasteiger partial charge in [-0.2, -0.15) is 0 Å². The normalized spacial score (nSPS) is 16.5. The summed E-state index contributed by atoms with van der Waals surface area (Å²) in [4.78, 5) is 12.1. The minimum absolute atomic E-state index is 0.187. The molecular formula is C16H23NO2. The molecule has 104 valence electrons. The Bertz CT molecular complexity index is 436. The SMILES string of the molecule is Cc1ccc(C(=O)CCOC2CCNCC2)c(C)c1. The van der Waals surface area contributed by atoms with Crippen LogP contribution >= 0.6 is 0 Å². The Morgan fingerprint density at radius 1 is 1.32 bits per heavy atom. The van der Waals surface area contributed by atoms with E-state index >= 15 is 0 Å². The van der Waals surface area contributed by atoms with Gasteiger partial charge in [-0.1, -0.05) is 23.8 Å². The van der Waals surface area contributed by atoms with Gasteiger partial charge in [0.25, 0.3) is 0 Å². The number of benzene rings is 1. The van der Waals surface area contributed by atoms with Crippen LogP contribution in [0.3, 0.4) is 0 Å². The van der Waals surface area contributed by atoms with Crippen LogP contribution in [0.2, 0.25) is 0 Å². The molecule has 1 aromatic rings. The predicted octanol–water partition coefficient (Wildman–Crippen LogP) is 2.64. The molecule has 19 heavy (non-hydrogen) atoms. The quantitative estimate of drug-likeness (QED) is 0.828. The van der Waals surface area contributed by atoms with Crippen LogP contribution in [0, 0.1) is 13.8 Å². The van der Waals surface area contributed by atoms with Crippen LogP contribution in [0.4, 0.5) is 0 Å². The number of Topliss-reactive ketones (excluding diaryl/α,β-unsaturated/α-hetero) is 1. The molecule has 1 aliphatic rings. The lowest BCUT2D eigenvalue weighted by atomic mass is 10.0. The summed E-state index contributed by atoms with van der Waals surface area (Å²) in [6.45, 7) is 6.62. The molecule has 1 saturated heterocycles. The lowest BCUT2D eigenvalue weighted by Crippen LogP contribution is -2.32. The highest BCUT2D eigenvalue weighted by Crippen LogP contribution is 2.14. The van der Waals surface area contributed by atoms with Gasteiger partial charge >= 0.3 is 0 Å². The molecule has 1 fully saturated rings. The zero-order valence-corrected chi connectivity index (χ0v) is 11.9. The topological polar surface area (TPSA) is 38.3 Å². The standard InChI is InChI=1S/C16H23NO2/c1-12-3-4-15(13(2)11-12)16(18)7-10-19-14-5-8-17-9-6-14/h3-4,11,14,17H,5-10H2,1-2H3. The Morgan fingerprint density at radius 3 is 2.74 bits per heavy atom. The van der Waals surface area contributed by atoms with Crippen LogP contribution in [0.25, 0.3) is 0 Å². The second-order valence-corrected chi connectivity index (χ2v) is 5.31. The van der Waals surface area contributed by atoms with Crippen LogP contribution in [0.5, 0.6) is 0 Å². The second kappa shape index (κ2) is 6.83. The Balaban J connectivity index is 1.80. The van der Waals surface area contributed by atoms with Crippen molar-refractivity contribution >= 4 is 5.78 Å². The molecule has 0 saturated carbocycles. The van der Waals surface area contributed by atoms with Gasteiger partial charge in [-0.25, -0.2) is 0 Å². The fourth-order valence-corrected chi connectivity index (χ4v) is 2.54. The van der Waals surface area contributed by atoms with E-state index in [9.17, 15) is 4.79 Å². The molecule has 0 aliphatic carbocycles. The summed E-state index contributed by atoms with van der Waals surface area (Å²) < 4.78 is 5.78. The third-order valence-electron chi connectivity index (χ3n) is 3.65. The Hall–Kier alpha value is -1.19. The second-order valence-electron chi connectivity index (χ2n) is 5.31. The number of carbonyl (C=O) groups excluding carboxylic acids is 1. The monoisotopic (exact) mass is 261 g/mol. The first kappa shape index (κ1) is 14.2. The van der Waals surface area contributed by atoms with Crippen molar-refractivity contribution in [3.05, 3.63) is 34.9 Å². The lowest BCUT2D eigenvalue weighted by Gasteiger charge is -2.22. The van der Waals surface area contributed by atoms with E-state index in [4.69, 9.17) is 4.74 Å². The molecule has 3 nitrogen and oxygen atoms in total. The summed E-state index contributed by atoms with van der Waals surface area (Å²) in [5.41, 5.74) is 3.09. The smallest absolute Gasteiger partial charge is 0.165 e. The summed E-state index contributed by atoms with van der Waals surface area (Å²) in [5.74, 6) is 0.187. The summed E-state index contributed by atoms with van der Waals surface area (Å²) in [7, 11) is 0. The minimum Gasteiger partial charge on any atom is -0.378 e. The molecule has 0 spiro atoms. The molecular weight excluding hydrogens is 238 g/mol. The van der Waals surface area contributed by atoms with Crippen LogP contribution in [0.1, 0.15) is 40.7 Å². The first-order valence-electron chi connectivity index (χ1n) is 7.09. The molecule has 0 radical (unpaired) electrons. The Morgan fingerprint density at radius 2 is 2.05 bits per heavy atom. The number of piperidine rings is 1. The van der Waals surface area contributed by atoms with Gasteiger partial charge in [0.2, 0.25) is 0 Å². The first-order chi connectivity index (χ1) is 9.16. The number of hydrogen-bond donors (Lipinski definition) is 1. The molecule has 3 heteroatoms. The van der Waals surface area contributed by atoms with Crippen molar-refractivity contribution in [3.63, 3.8) is 0 Å². The van der Waals surface area contributed by atoms with E-state index < -0.39 is 0 Å². The number of hydrogen-bond acceptors (Lipinski definition) is 3. The molecule has 0 bridgehead atoms. The van der Waals surface area contributed by atoms with Crippen molar-refractivity contribution < 1.29 is 9.53 Å². The zero-order valence-electron chi connectivity index (χ0n) is 11.9. The third-order valence-corrected chi connectivity index (χ3v) is 3.65. The summed E-state index contributed by atoms with van der Waals surface area (Å²) >= 11 is 0. The highest BCUT2D eigenvalue weighted by atomic mass is 16.5. The predicted molar refractivity (Wildman–Crippen MR) is 76.7 cm³/mol. The first-order valence-corrected chi connectivity index (χ1v) is 7.09. The van der Waals surface area contributed by atoms with Gasteiger partial charge < -0.3 is 10.1 Å². The van der Waals surface area contributed by atoms with E-state index in [1.807, 2.05) is 26.0 Å². The van der Waals surface area contributed by atoms with Crippen molar-refractivity contribution in [2.45, 2.75) is 39.2 Å².